The van der Waals surface area contributed by atoms with Gasteiger partial charge in [-0.05, 0) is 0 Å². The molecule has 1 rings (SSSR count). The average Bonchev–Trinajstić information content (AvgIpc) is 2.15. The Morgan fingerprint density at radius 3 is 3.15 bits per heavy atom. The highest BCUT2D eigenvalue weighted by atomic mass is 16.6. The maximum Gasteiger partial charge on any atom is 0.274 e. The van der Waals surface area contributed by atoms with Crippen LogP contribution < -0.4 is 5.32 Å². The number of nitrogens with one attached hydrogen (secondary N) is 1. The third-order valence-corrected chi connectivity index (χ3v) is 1.33. The molecule has 1 aromatic rings. The van der Waals surface area contributed by atoms with Crippen molar-refractivity contribution in [3.8, 4) is 12.3 Å². The molecule has 0 aromatic carbocycles. The Labute approximate surface area is 74.9 Å². The second kappa shape index (κ2) is 4.07. The monoisotopic (exact) mass is 177 g/mol. The quantitative estimate of drug-likeness (QED) is 0.425. The standard InChI is InChI=1S/C8H7N3O2/c1-2-4-9-8-6-7(11(12)13)3-5-10-8/h1,3,5-6H,4H2,(H,9,10). The van der Waals surface area contributed by atoms with Crippen LogP contribution in [-0.2, 0) is 0 Å². The first kappa shape index (κ1) is 9.00. The number of hydrogen-bond donors (Lipinski definition) is 1. The molecule has 5 heteroatoms. The first-order valence-corrected chi connectivity index (χ1v) is 3.52. The van der Waals surface area contributed by atoms with Gasteiger partial charge < -0.3 is 5.32 Å². The summed E-state index contributed by atoms with van der Waals surface area (Å²) in [6.45, 7) is 0.300. The van der Waals surface area contributed by atoms with Crippen LogP contribution in [-0.4, -0.2) is 16.5 Å². The van der Waals surface area contributed by atoms with Crippen molar-refractivity contribution >= 4 is 11.5 Å². The van der Waals surface area contributed by atoms with Gasteiger partial charge in [-0.25, -0.2) is 4.98 Å². The largest absolute Gasteiger partial charge is 0.359 e. The Balaban J connectivity index is 2.80. The molecule has 0 fully saturated rings. The lowest BCUT2D eigenvalue weighted by atomic mass is 10.4. The minimum atomic E-state index is -0.483. The van der Waals surface area contributed by atoms with Crippen molar-refractivity contribution in [2.75, 3.05) is 11.9 Å². The van der Waals surface area contributed by atoms with Crippen LogP contribution in [0.1, 0.15) is 0 Å². The molecule has 0 bridgehead atoms. The molecular weight excluding hydrogens is 170 g/mol. The topological polar surface area (TPSA) is 68.1 Å². The van der Waals surface area contributed by atoms with Gasteiger partial charge in [0.25, 0.3) is 5.69 Å². The number of rotatable bonds is 3. The third-order valence-electron chi connectivity index (χ3n) is 1.33. The van der Waals surface area contributed by atoms with E-state index in [-0.39, 0.29) is 5.69 Å². The lowest BCUT2D eigenvalue weighted by Crippen LogP contribution is -2.01. The zero-order chi connectivity index (χ0) is 9.68. The SMILES string of the molecule is C#CCNc1cc([N+](=O)[O-])ccn1. The predicted octanol–water partition coefficient (Wildman–Crippen LogP) is 1.03. The van der Waals surface area contributed by atoms with E-state index in [1.807, 2.05) is 0 Å². The van der Waals surface area contributed by atoms with Gasteiger partial charge >= 0.3 is 0 Å². The number of nitrogens with zero attached hydrogens (tertiary/aromatic N) is 2. The van der Waals surface area contributed by atoms with Gasteiger partial charge in [-0.1, -0.05) is 5.92 Å². The van der Waals surface area contributed by atoms with E-state index < -0.39 is 4.92 Å². The summed E-state index contributed by atoms with van der Waals surface area (Å²) in [5, 5.41) is 13.1. The van der Waals surface area contributed by atoms with Crippen molar-refractivity contribution in [2.45, 2.75) is 0 Å². The first-order chi connectivity index (χ1) is 6.24. The van der Waals surface area contributed by atoms with E-state index in [9.17, 15) is 10.1 Å². The van der Waals surface area contributed by atoms with Gasteiger partial charge in [-0.15, -0.1) is 6.42 Å². The summed E-state index contributed by atoms with van der Waals surface area (Å²) in [4.78, 5) is 13.7. The maximum atomic E-state index is 10.3. The van der Waals surface area contributed by atoms with Crippen molar-refractivity contribution in [3.63, 3.8) is 0 Å². The summed E-state index contributed by atoms with van der Waals surface area (Å²) < 4.78 is 0. The lowest BCUT2D eigenvalue weighted by Gasteiger charge is -1.99. The highest BCUT2D eigenvalue weighted by Crippen LogP contribution is 2.13. The molecule has 1 heterocycles. The molecule has 0 spiro atoms. The normalized spacial score (nSPS) is 8.85. The molecule has 0 atom stereocenters. The summed E-state index contributed by atoms with van der Waals surface area (Å²) in [6, 6.07) is 2.65. The number of pyridine rings is 1. The lowest BCUT2D eigenvalue weighted by molar-refractivity contribution is -0.384. The Hall–Kier alpha value is -2.09. The summed E-state index contributed by atoms with van der Waals surface area (Å²) in [6.07, 6.45) is 6.36. The van der Waals surface area contributed by atoms with E-state index in [1.54, 1.807) is 0 Å². The van der Waals surface area contributed by atoms with Crippen molar-refractivity contribution in [1.29, 1.82) is 0 Å². The van der Waals surface area contributed by atoms with E-state index >= 15 is 0 Å². The third kappa shape index (κ3) is 2.45. The number of nitro groups is 1. The van der Waals surface area contributed by atoms with Crippen LogP contribution in [0.2, 0.25) is 0 Å². The summed E-state index contributed by atoms with van der Waals surface area (Å²) in [5.41, 5.74) is -0.00507. The molecule has 0 amide bonds. The van der Waals surface area contributed by atoms with Crippen molar-refractivity contribution in [2.24, 2.45) is 0 Å². The summed E-state index contributed by atoms with van der Waals surface area (Å²) >= 11 is 0. The molecule has 0 aliphatic carbocycles. The van der Waals surface area contributed by atoms with E-state index in [0.29, 0.717) is 12.4 Å². The molecule has 0 radical (unpaired) electrons. The maximum absolute atomic E-state index is 10.3. The van der Waals surface area contributed by atoms with Crippen LogP contribution in [0.3, 0.4) is 0 Å². The number of terminal acetylenes is 1. The predicted molar refractivity (Wildman–Crippen MR) is 48.2 cm³/mol. The van der Waals surface area contributed by atoms with Gasteiger partial charge in [0.2, 0.25) is 0 Å². The minimum Gasteiger partial charge on any atom is -0.359 e. The molecule has 0 unspecified atom stereocenters. The van der Waals surface area contributed by atoms with Crippen molar-refractivity contribution in [3.05, 3.63) is 28.4 Å². The van der Waals surface area contributed by atoms with Gasteiger partial charge in [0.05, 0.1) is 17.5 Å². The average molecular weight is 177 g/mol. The number of hydrogen-bond acceptors (Lipinski definition) is 4. The van der Waals surface area contributed by atoms with Crippen LogP contribution >= 0.6 is 0 Å². The summed E-state index contributed by atoms with van der Waals surface area (Å²) in [5.74, 6) is 2.75. The van der Waals surface area contributed by atoms with Crippen molar-refractivity contribution < 1.29 is 4.92 Å². The molecule has 0 saturated carbocycles. The second-order valence-corrected chi connectivity index (χ2v) is 2.21. The molecule has 0 saturated heterocycles. The highest BCUT2D eigenvalue weighted by molar-refractivity contribution is 5.44. The van der Waals surface area contributed by atoms with Crippen LogP contribution in [0.4, 0.5) is 11.5 Å². The van der Waals surface area contributed by atoms with Crippen LogP contribution in [0.25, 0.3) is 0 Å². The van der Waals surface area contributed by atoms with E-state index in [4.69, 9.17) is 6.42 Å². The van der Waals surface area contributed by atoms with Crippen LogP contribution in [0.5, 0.6) is 0 Å². The Morgan fingerprint density at radius 2 is 2.54 bits per heavy atom. The van der Waals surface area contributed by atoms with Gasteiger partial charge in [-0.3, -0.25) is 10.1 Å². The highest BCUT2D eigenvalue weighted by Gasteiger charge is 2.05. The van der Waals surface area contributed by atoms with Gasteiger partial charge in [0.1, 0.15) is 5.82 Å². The number of aromatic nitrogens is 1. The number of anilines is 1. The van der Waals surface area contributed by atoms with Crippen molar-refractivity contribution in [1.82, 2.24) is 4.98 Å². The smallest absolute Gasteiger partial charge is 0.274 e. The van der Waals surface area contributed by atoms with E-state index in [2.05, 4.69) is 16.2 Å². The Morgan fingerprint density at radius 1 is 1.77 bits per heavy atom. The van der Waals surface area contributed by atoms with E-state index in [1.165, 1.54) is 18.3 Å². The molecule has 0 aliphatic rings. The molecular formula is C8H7N3O2. The Bertz CT molecular complexity index is 357. The minimum absolute atomic E-state index is 0.00507. The zero-order valence-electron chi connectivity index (χ0n) is 6.73. The molecule has 1 aromatic heterocycles. The fourth-order valence-corrected chi connectivity index (χ4v) is 0.771. The first-order valence-electron chi connectivity index (χ1n) is 3.52. The van der Waals surface area contributed by atoms with Crippen LogP contribution in [0.15, 0.2) is 18.3 Å². The van der Waals surface area contributed by atoms with Gasteiger partial charge in [-0.2, -0.15) is 0 Å². The molecule has 13 heavy (non-hydrogen) atoms. The molecule has 1 N–H and O–H groups in total. The second-order valence-electron chi connectivity index (χ2n) is 2.21. The fourth-order valence-electron chi connectivity index (χ4n) is 0.771. The molecule has 0 aliphatic heterocycles. The molecule has 5 nitrogen and oxygen atoms in total. The molecule has 66 valence electrons. The Kier molecular flexibility index (Phi) is 2.82. The summed E-state index contributed by atoms with van der Waals surface area (Å²) in [7, 11) is 0. The van der Waals surface area contributed by atoms with Gasteiger partial charge in [0, 0.05) is 12.3 Å². The fraction of sp³-hybridized carbons (Fsp3) is 0.125. The zero-order valence-corrected chi connectivity index (χ0v) is 6.73. The van der Waals surface area contributed by atoms with E-state index in [0.717, 1.165) is 0 Å². The van der Waals surface area contributed by atoms with Gasteiger partial charge in [0.15, 0.2) is 0 Å². The van der Waals surface area contributed by atoms with Crippen LogP contribution in [0, 0.1) is 22.5 Å².